The number of hydrogen-bond donors (Lipinski definition) is 1. The van der Waals surface area contributed by atoms with Gasteiger partial charge in [0.2, 0.25) is 0 Å². The molecule has 1 N–H and O–H groups in total. The van der Waals surface area contributed by atoms with E-state index < -0.39 is 0 Å². The van der Waals surface area contributed by atoms with Gasteiger partial charge in [-0.3, -0.25) is 4.90 Å². The minimum absolute atomic E-state index is 0.362. The standard InChI is InChI=1S/C18H30N2O/c1-5-12-19-18-15-10-8-9-11-17(15)21-13-16(18)20(4)14(6-2)7-3/h8-11,14,16,18-19H,5-7,12-13H2,1-4H3. The van der Waals surface area contributed by atoms with E-state index in [1.54, 1.807) is 0 Å². The van der Waals surface area contributed by atoms with Gasteiger partial charge in [0, 0.05) is 11.6 Å². The van der Waals surface area contributed by atoms with Gasteiger partial charge in [0.15, 0.2) is 0 Å². The lowest BCUT2D eigenvalue weighted by Gasteiger charge is -2.42. The average Bonchev–Trinajstić information content (AvgIpc) is 2.53. The number of benzene rings is 1. The third-order valence-electron chi connectivity index (χ3n) is 4.70. The molecule has 0 amide bonds. The van der Waals surface area contributed by atoms with Crippen molar-refractivity contribution in [2.75, 3.05) is 20.2 Å². The maximum atomic E-state index is 6.02. The summed E-state index contributed by atoms with van der Waals surface area (Å²) in [6.07, 6.45) is 3.53. The topological polar surface area (TPSA) is 24.5 Å². The second kappa shape index (κ2) is 7.81. The van der Waals surface area contributed by atoms with Crippen molar-refractivity contribution in [3.05, 3.63) is 29.8 Å². The van der Waals surface area contributed by atoms with Crippen molar-refractivity contribution in [3.8, 4) is 5.75 Å². The van der Waals surface area contributed by atoms with Crippen molar-refractivity contribution in [2.45, 2.75) is 58.2 Å². The molecule has 0 saturated carbocycles. The van der Waals surface area contributed by atoms with Crippen molar-refractivity contribution in [3.63, 3.8) is 0 Å². The summed E-state index contributed by atoms with van der Waals surface area (Å²) in [6, 6.07) is 9.84. The lowest BCUT2D eigenvalue weighted by Crippen LogP contribution is -2.52. The summed E-state index contributed by atoms with van der Waals surface area (Å²) in [4.78, 5) is 2.52. The summed E-state index contributed by atoms with van der Waals surface area (Å²) in [6.45, 7) is 8.59. The average molecular weight is 290 g/mol. The van der Waals surface area contributed by atoms with Crippen molar-refractivity contribution in [1.29, 1.82) is 0 Å². The first-order chi connectivity index (χ1) is 10.2. The van der Waals surface area contributed by atoms with E-state index in [0.29, 0.717) is 18.1 Å². The Balaban J connectivity index is 2.24. The first-order valence-corrected chi connectivity index (χ1v) is 8.39. The Kier molecular flexibility index (Phi) is 6.07. The highest BCUT2D eigenvalue weighted by atomic mass is 16.5. The number of para-hydroxylation sites is 1. The zero-order valence-corrected chi connectivity index (χ0v) is 13.9. The van der Waals surface area contributed by atoms with Crippen LogP contribution in [0.3, 0.4) is 0 Å². The maximum Gasteiger partial charge on any atom is 0.124 e. The van der Waals surface area contributed by atoms with Crippen molar-refractivity contribution in [2.24, 2.45) is 0 Å². The second-order valence-electron chi connectivity index (χ2n) is 5.98. The van der Waals surface area contributed by atoms with Gasteiger partial charge in [0.25, 0.3) is 0 Å². The van der Waals surface area contributed by atoms with Crippen molar-refractivity contribution < 1.29 is 4.74 Å². The van der Waals surface area contributed by atoms with Crippen LogP contribution in [-0.4, -0.2) is 37.2 Å². The van der Waals surface area contributed by atoms with Crippen LogP contribution in [-0.2, 0) is 0 Å². The number of ether oxygens (including phenoxy) is 1. The van der Waals surface area contributed by atoms with E-state index in [1.807, 2.05) is 0 Å². The molecular weight excluding hydrogens is 260 g/mol. The third-order valence-corrected chi connectivity index (χ3v) is 4.70. The highest BCUT2D eigenvalue weighted by Gasteiger charge is 2.34. The molecule has 0 saturated heterocycles. The Morgan fingerprint density at radius 1 is 1.24 bits per heavy atom. The molecule has 0 fully saturated rings. The van der Waals surface area contributed by atoms with Crippen LogP contribution >= 0.6 is 0 Å². The maximum absolute atomic E-state index is 6.02. The molecule has 3 heteroatoms. The Bertz CT molecular complexity index is 431. The Labute approximate surface area is 129 Å². The van der Waals surface area contributed by atoms with E-state index >= 15 is 0 Å². The van der Waals surface area contributed by atoms with E-state index in [2.05, 4.69) is 62.3 Å². The molecule has 0 radical (unpaired) electrons. The van der Waals surface area contributed by atoms with Crippen LogP contribution in [0.25, 0.3) is 0 Å². The highest BCUT2D eigenvalue weighted by molar-refractivity contribution is 5.38. The van der Waals surface area contributed by atoms with Crippen LogP contribution in [0.1, 0.15) is 51.6 Å². The van der Waals surface area contributed by atoms with Gasteiger partial charge in [-0.05, 0) is 38.9 Å². The van der Waals surface area contributed by atoms with Gasteiger partial charge in [-0.15, -0.1) is 0 Å². The van der Waals surface area contributed by atoms with Crippen LogP contribution in [0.5, 0.6) is 5.75 Å². The molecule has 1 aromatic rings. The van der Waals surface area contributed by atoms with Crippen LogP contribution in [0, 0.1) is 0 Å². The molecule has 1 aromatic carbocycles. The van der Waals surface area contributed by atoms with Gasteiger partial charge in [0.1, 0.15) is 12.4 Å². The zero-order chi connectivity index (χ0) is 15.2. The molecule has 2 atom stereocenters. The monoisotopic (exact) mass is 290 g/mol. The SMILES string of the molecule is CCCNC1c2ccccc2OCC1N(C)C(CC)CC. The fraction of sp³-hybridized carbons (Fsp3) is 0.667. The first kappa shape index (κ1) is 16.3. The van der Waals surface area contributed by atoms with Gasteiger partial charge in [-0.2, -0.15) is 0 Å². The number of likely N-dealkylation sites (N-methyl/N-ethyl adjacent to an activating group) is 1. The molecular formula is C18H30N2O. The number of rotatable bonds is 7. The molecule has 3 nitrogen and oxygen atoms in total. The van der Waals surface area contributed by atoms with Gasteiger partial charge in [0.05, 0.1) is 12.1 Å². The molecule has 0 spiro atoms. The van der Waals surface area contributed by atoms with Gasteiger partial charge in [-0.1, -0.05) is 39.0 Å². The second-order valence-corrected chi connectivity index (χ2v) is 5.98. The van der Waals surface area contributed by atoms with E-state index in [1.165, 1.54) is 18.4 Å². The minimum Gasteiger partial charge on any atom is -0.492 e. The molecule has 2 unspecified atom stereocenters. The Morgan fingerprint density at radius 3 is 2.62 bits per heavy atom. The summed E-state index contributed by atoms with van der Waals surface area (Å²) in [5, 5.41) is 3.74. The third kappa shape index (κ3) is 3.58. The van der Waals surface area contributed by atoms with Gasteiger partial charge >= 0.3 is 0 Å². The summed E-state index contributed by atoms with van der Waals surface area (Å²) >= 11 is 0. The fourth-order valence-corrected chi connectivity index (χ4v) is 3.38. The number of nitrogens with zero attached hydrogens (tertiary/aromatic N) is 1. The molecule has 21 heavy (non-hydrogen) atoms. The number of hydrogen-bond acceptors (Lipinski definition) is 3. The van der Waals surface area contributed by atoms with Crippen molar-refractivity contribution in [1.82, 2.24) is 10.2 Å². The zero-order valence-electron chi connectivity index (χ0n) is 13.9. The smallest absolute Gasteiger partial charge is 0.124 e. The molecule has 118 valence electrons. The quantitative estimate of drug-likeness (QED) is 0.830. The van der Waals surface area contributed by atoms with E-state index in [9.17, 15) is 0 Å². The molecule has 1 heterocycles. The Morgan fingerprint density at radius 2 is 1.95 bits per heavy atom. The Hall–Kier alpha value is -1.06. The lowest BCUT2D eigenvalue weighted by molar-refractivity contribution is 0.0705. The molecule has 1 aliphatic heterocycles. The predicted octanol–water partition coefficient (Wildman–Crippen LogP) is 3.61. The molecule has 0 aliphatic carbocycles. The largest absolute Gasteiger partial charge is 0.492 e. The predicted molar refractivity (Wildman–Crippen MR) is 88.9 cm³/mol. The van der Waals surface area contributed by atoms with E-state index in [4.69, 9.17) is 4.74 Å². The van der Waals surface area contributed by atoms with Crippen LogP contribution in [0.15, 0.2) is 24.3 Å². The first-order valence-electron chi connectivity index (χ1n) is 8.39. The summed E-state index contributed by atoms with van der Waals surface area (Å²) in [5.74, 6) is 1.04. The van der Waals surface area contributed by atoms with Gasteiger partial charge in [-0.25, -0.2) is 0 Å². The fourth-order valence-electron chi connectivity index (χ4n) is 3.38. The van der Waals surface area contributed by atoms with Crippen molar-refractivity contribution >= 4 is 0 Å². The molecule has 0 bridgehead atoms. The molecule has 1 aliphatic rings. The molecule has 0 aromatic heterocycles. The number of nitrogens with one attached hydrogen (secondary N) is 1. The lowest BCUT2D eigenvalue weighted by atomic mass is 9.93. The summed E-state index contributed by atoms with van der Waals surface area (Å²) in [7, 11) is 2.25. The normalized spacial score (nSPS) is 21.4. The summed E-state index contributed by atoms with van der Waals surface area (Å²) in [5.41, 5.74) is 1.31. The minimum atomic E-state index is 0.362. The van der Waals surface area contributed by atoms with Crippen LogP contribution in [0.2, 0.25) is 0 Å². The van der Waals surface area contributed by atoms with E-state index in [-0.39, 0.29) is 0 Å². The van der Waals surface area contributed by atoms with Gasteiger partial charge < -0.3 is 10.1 Å². The van der Waals surface area contributed by atoms with E-state index in [0.717, 1.165) is 25.3 Å². The van der Waals surface area contributed by atoms with Crippen LogP contribution in [0.4, 0.5) is 0 Å². The summed E-state index contributed by atoms with van der Waals surface area (Å²) < 4.78 is 6.02. The number of fused-ring (bicyclic) bond motifs is 1. The highest BCUT2D eigenvalue weighted by Crippen LogP contribution is 2.34. The van der Waals surface area contributed by atoms with Crippen LogP contribution < -0.4 is 10.1 Å². The molecule has 2 rings (SSSR count).